The maximum atomic E-state index is 11.2. The Morgan fingerprint density at radius 3 is 2.70 bits per heavy atom. The van der Waals surface area contributed by atoms with Crippen LogP contribution in [0.2, 0.25) is 0 Å². The van der Waals surface area contributed by atoms with Gasteiger partial charge in [0.2, 0.25) is 5.91 Å². The van der Waals surface area contributed by atoms with Gasteiger partial charge in [-0.1, -0.05) is 26.7 Å². The van der Waals surface area contributed by atoms with Gasteiger partial charge in [0, 0.05) is 17.3 Å². The van der Waals surface area contributed by atoms with E-state index in [0.717, 1.165) is 23.1 Å². The third kappa shape index (κ3) is 3.53. The van der Waals surface area contributed by atoms with Gasteiger partial charge in [0.25, 0.3) is 0 Å². The third-order valence-electron chi connectivity index (χ3n) is 4.53. The minimum Gasteiger partial charge on any atom is -0.382 e. The molecule has 0 radical (unpaired) electrons. The van der Waals surface area contributed by atoms with E-state index >= 15 is 0 Å². The van der Waals surface area contributed by atoms with Crippen LogP contribution < -0.4 is 11.1 Å². The van der Waals surface area contributed by atoms with Gasteiger partial charge in [-0.05, 0) is 55.4 Å². The molecule has 0 heterocycles. The highest BCUT2D eigenvalue weighted by molar-refractivity contribution is 5.93. The quantitative estimate of drug-likeness (QED) is 0.879. The van der Waals surface area contributed by atoms with Crippen molar-refractivity contribution in [3.8, 4) is 0 Å². The lowest BCUT2D eigenvalue weighted by Gasteiger charge is -2.33. The summed E-state index contributed by atoms with van der Waals surface area (Å²) in [5.41, 5.74) is 8.11. The van der Waals surface area contributed by atoms with Gasteiger partial charge in [0.05, 0.1) is 0 Å². The van der Waals surface area contributed by atoms with Crippen molar-refractivity contribution in [2.75, 3.05) is 5.32 Å². The molecule has 2 rings (SSSR count). The summed E-state index contributed by atoms with van der Waals surface area (Å²) >= 11 is 0. The fourth-order valence-corrected chi connectivity index (χ4v) is 3.16. The van der Waals surface area contributed by atoms with Crippen molar-refractivity contribution in [1.29, 1.82) is 0 Å². The van der Waals surface area contributed by atoms with Gasteiger partial charge in [-0.3, -0.25) is 4.79 Å². The van der Waals surface area contributed by atoms with Crippen LogP contribution in [0.25, 0.3) is 0 Å². The molecule has 1 saturated carbocycles. The predicted octanol–water partition coefficient (Wildman–Crippen LogP) is 3.72. The molecule has 1 aliphatic carbocycles. The number of hydrogen-bond acceptors (Lipinski definition) is 2. The van der Waals surface area contributed by atoms with Crippen molar-refractivity contribution in [2.24, 2.45) is 17.6 Å². The number of primary amides is 1. The SMILES string of the molecule is Cc1cc(C(N)=O)ccc1NC1CCCC(C(C)C)C1. The van der Waals surface area contributed by atoms with E-state index < -0.39 is 0 Å². The Morgan fingerprint density at radius 1 is 1.35 bits per heavy atom. The summed E-state index contributed by atoms with van der Waals surface area (Å²) in [5.74, 6) is 1.22. The highest BCUT2D eigenvalue weighted by atomic mass is 16.1. The first kappa shape index (κ1) is 14.9. The Morgan fingerprint density at radius 2 is 2.10 bits per heavy atom. The Balaban J connectivity index is 2.04. The Bertz CT molecular complexity index is 482. The van der Waals surface area contributed by atoms with Crippen molar-refractivity contribution < 1.29 is 4.79 Å². The number of rotatable bonds is 4. The van der Waals surface area contributed by atoms with Crippen molar-refractivity contribution in [2.45, 2.75) is 52.5 Å². The number of anilines is 1. The van der Waals surface area contributed by atoms with E-state index in [1.54, 1.807) is 6.07 Å². The molecule has 1 fully saturated rings. The van der Waals surface area contributed by atoms with E-state index in [0.29, 0.717) is 11.6 Å². The highest BCUT2D eigenvalue weighted by Crippen LogP contribution is 2.32. The van der Waals surface area contributed by atoms with Gasteiger partial charge < -0.3 is 11.1 Å². The summed E-state index contributed by atoms with van der Waals surface area (Å²) in [7, 11) is 0. The van der Waals surface area contributed by atoms with Crippen LogP contribution in [-0.4, -0.2) is 11.9 Å². The van der Waals surface area contributed by atoms with Crippen LogP contribution in [0.5, 0.6) is 0 Å². The number of hydrogen-bond donors (Lipinski definition) is 2. The molecule has 0 aromatic heterocycles. The Hall–Kier alpha value is -1.51. The molecule has 0 spiro atoms. The molecule has 3 nitrogen and oxygen atoms in total. The van der Waals surface area contributed by atoms with E-state index in [1.165, 1.54) is 25.7 Å². The van der Waals surface area contributed by atoms with Crippen LogP contribution in [0, 0.1) is 18.8 Å². The van der Waals surface area contributed by atoms with Gasteiger partial charge in [0.15, 0.2) is 0 Å². The van der Waals surface area contributed by atoms with E-state index in [9.17, 15) is 4.79 Å². The van der Waals surface area contributed by atoms with Crippen LogP contribution in [0.1, 0.15) is 55.5 Å². The molecule has 110 valence electrons. The van der Waals surface area contributed by atoms with Crippen LogP contribution >= 0.6 is 0 Å². The summed E-state index contributed by atoms with van der Waals surface area (Å²) < 4.78 is 0. The van der Waals surface area contributed by atoms with E-state index in [4.69, 9.17) is 5.73 Å². The molecule has 1 aromatic carbocycles. The zero-order valence-electron chi connectivity index (χ0n) is 12.8. The maximum absolute atomic E-state index is 11.2. The molecule has 2 unspecified atom stereocenters. The Labute approximate surface area is 121 Å². The number of nitrogens with one attached hydrogen (secondary N) is 1. The molecular formula is C17H26N2O. The van der Waals surface area contributed by atoms with Gasteiger partial charge in [-0.15, -0.1) is 0 Å². The topological polar surface area (TPSA) is 55.1 Å². The second kappa shape index (κ2) is 6.29. The normalized spacial score (nSPS) is 22.8. The molecule has 0 saturated heterocycles. The predicted molar refractivity (Wildman–Crippen MR) is 83.9 cm³/mol. The van der Waals surface area contributed by atoms with Gasteiger partial charge in [0.1, 0.15) is 0 Å². The lowest BCUT2D eigenvalue weighted by atomic mass is 9.79. The monoisotopic (exact) mass is 274 g/mol. The number of aryl methyl sites for hydroxylation is 1. The first-order valence-electron chi connectivity index (χ1n) is 7.64. The first-order valence-corrected chi connectivity index (χ1v) is 7.64. The molecule has 3 heteroatoms. The molecule has 2 atom stereocenters. The van der Waals surface area contributed by atoms with Crippen LogP contribution in [0.15, 0.2) is 18.2 Å². The summed E-state index contributed by atoms with van der Waals surface area (Å²) in [5, 5.41) is 3.65. The van der Waals surface area contributed by atoms with Crippen LogP contribution in [0.4, 0.5) is 5.69 Å². The minimum absolute atomic E-state index is 0.364. The number of carbonyl (C=O) groups excluding carboxylic acids is 1. The summed E-state index contributed by atoms with van der Waals surface area (Å²) in [6.45, 7) is 6.66. The summed E-state index contributed by atoms with van der Waals surface area (Å²) in [6.07, 6.45) is 5.14. The minimum atomic E-state index is -0.364. The number of amides is 1. The van der Waals surface area contributed by atoms with Crippen molar-refractivity contribution in [3.05, 3.63) is 29.3 Å². The second-order valence-electron chi connectivity index (χ2n) is 6.41. The average molecular weight is 274 g/mol. The third-order valence-corrected chi connectivity index (χ3v) is 4.53. The number of benzene rings is 1. The number of carbonyl (C=O) groups is 1. The smallest absolute Gasteiger partial charge is 0.248 e. The van der Waals surface area contributed by atoms with Gasteiger partial charge in [-0.2, -0.15) is 0 Å². The van der Waals surface area contributed by atoms with E-state index in [-0.39, 0.29) is 5.91 Å². The molecule has 1 aliphatic rings. The standard InChI is InChI=1S/C17H26N2O/c1-11(2)13-5-4-6-15(10-13)19-16-8-7-14(17(18)20)9-12(16)3/h7-9,11,13,15,19H,4-6,10H2,1-3H3,(H2,18,20). The largest absolute Gasteiger partial charge is 0.382 e. The Kier molecular flexibility index (Phi) is 4.69. The first-order chi connectivity index (χ1) is 9.47. The summed E-state index contributed by atoms with van der Waals surface area (Å²) in [6, 6.07) is 6.21. The lowest BCUT2D eigenvalue weighted by Crippen LogP contribution is -2.29. The molecule has 0 bridgehead atoms. The molecule has 1 aromatic rings. The van der Waals surface area contributed by atoms with E-state index in [2.05, 4.69) is 19.2 Å². The average Bonchev–Trinajstić information content (AvgIpc) is 2.41. The van der Waals surface area contributed by atoms with Crippen molar-refractivity contribution >= 4 is 11.6 Å². The fourth-order valence-electron chi connectivity index (χ4n) is 3.16. The highest BCUT2D eigenvalue weighted by Gasteiger charge is 2.24. The van der Waals surface area contributed by atoms with Gasteiger partial charge >= 0.3 is 0 Å². The van der Waals surface area contributed by atoms with Gasteiger partial charge in [-0.25, -0.2) is 0 Å². The summed E-state index contributed by atoms with van der Waals surface area (Å²) in [4.78, 5) is 11.2. The second-order valence-corrected chi connectivity index (χ2v) is 6.41. The molecule has 0 aliphatic heterocycles. The van der Waals surface area contributed by atoms with E-state index in [1.807, 2.05) is 19.1 Å². The van der Waals surface area contributed by atoms with Crippen LogP contribution in [0.3, 0.4) is 0 Å². The molecule has 3 N–H and O–H groups in total. The maximum Gasteiger partial charge on any atom is 0.248 e. The molecule has 20 heavy (non-hydrogen) atoms. The number of nitrogens with two attached hydrogens (primary N) is 1. The zero-order chi connectivity index (χ0) is 14.7. The van der Waals surface area contributed by atoms with Crippen LogP contribution in [-0.2, 0) is 0 Å². The molecule has 1 amide bonds. The fraction of sp³-hybridized carbons (Fsp3) is 0.588. The molecular weight excluding hydrogens is 248 g/mol. The van der Waals surface area contributed by atoms with Crippen molar-refractivity contribution in [3.63, 3.8) is 0 Å². The van der Waals surface area contributed by atoms with Crippen molar-refractivity contribution in [1.82, 2.24) is 0 Å². The zero-order valence-corrected chi connectivity index (χ0v) is 12.8. The lowest BCUT2D eigenvalue weighted by molar-refractivity contribution is 0.1000.